The van der Waals surface area contributed by atoms with Crippen LogP contribution < -0.4 is 0 Å². The molecule has 1 aliphatic rings. The first-order chi connectivity index (χ1) is 6.77. The molecule has 0 aliphatic carbocycles. The van der Waals surface area contributed by atoms with Crippen molar-refractivity contribution in [2.24, 2.45) is 0 Å². The standard InChI is InChI=1S/C11H18O3/c1-2-3-4-5-6-10-7-9(8-12)11(13)14-10/h8,10,12H,2-7H2,1H3. The second kappa shape index (κ2) is 5.68. The lowest BCUT2D eigenvalue weighted by Gasteiger charge is -2.07. The summed E-state index contributed by atoms with van der Waals surface area (Å²) in [4.78, 5) is 11.1. The van der Waals surface area contributed by atoms with Crippen molar-refractivity contribution in [2.45, 2.75) is 51.6 Å². The highest BCUT2D eigenvalue weighted by Gasteiger charge is 2.28. The molecular weight excluding hydrogens is 180 g/mol. The predicted octanol–water partition coefficient (Wildman–Crippen LogP) is 2.71. The Morgan fingerprint density at radius 2 is 2.29 bits per heavy atom. The van der Waals surface area contributed by atoms with Crippen LogP contribution >= 0.6 is 0 Å². The Hall–Kier alpha value is -0.990. The molecule has 1 heterocycles. The highest BCUT2D eigenvalue weighted by atomic mass is 16.5. The van der Waals surface area contributed by atoms with Crippen molar-refractivity contribution in [1.82, 2.24) is 0 Å². The lowest BCUT2D eigenvalue weighted by molar-refractivity contribution is -0.139. The molecule has 0 saturated carbocycles. The molecule has 0 aromatic rings. The number of carbonyl (C=O) groups is 1. The van der Waals surface area contributed by atoms with E-state index >= 15 is 0 Å². The normalized spacial score (nSPS) is 24.2. The van der Waals surface area contributed by atoms with Crippen LogP contribution in [0.4, 0.5) is 0 Å². The van der Waals surface area contributed by atoms with Crippen LogP contribution in [-0.4, -0.2) is 17.2 Å². The van der Waals surface area contributed by atoms with Crippen molar-refractivity contribution in [1.29, 1.82) is 0 Å². The second-order valence-corrected chi connectivity index (χ2v) is 3.74. The molecule has 0 amide bonds. The van der Waals surface area contributed by atoms with E-state index in [2.05, 4.69) is 6.92 Å². The average Bonchev–Trinajstić information content (AvgIpc) is 2.54. The van der Waals surface area contributed by atoms with Crippen LogP contribution in [0.15, 0.2) is 11.8 Å². The minimum Gasteiger partial charge on any atom is -0.515 e. The molecule has 3 heteroatoms. The van der Waals surface area contributed by atoms with Crippen LogP contribution in [-0.2, 0) is 9.53 Å². The number of hydrogen-bond donors (Lipinski definition) is 1. The third kappa shape index (κ3) is 3.05. The molecule has 0 spiro atoms. The molecule has 1 unspecified atom stereocenters. The van der Waals surface area contributed by atoms with Crippen LogP contribution in [0.3, 0.4) is 0 Å². The summed E-state index contributed by atoms with van der Waals surface area (Å²) in [6.07, 6.45) is 7.11. The van der Waals surface area contributed by atoms with Gasteiger partial charge in [-0.2, -0.15) is 0 Å². The van der Waals surface area contributed by atoms with Gasteiger partial charge in [-0.05, 0) is 12.8 Å². The zero-order valence-electron chi connectivity index (χ0n) is 8.66. The summed E-state index contributed by atoms with van der Waals surface area (Å²) in [7, 11) is 0. The van der Waals surface area contributed by atoms with E-state index in [4.69, 9.17) is 9.84 Å². The molecule has 1 aliphatic heterocycles. The van der Waals surface area contributed by atoms with Gasteiger partial charge in [0.15, 0.2) is 0 Å². The van der Waals surface area contributed by atoms with E-state index in [0.29, 0.717) is 12.0 Å². The van der Waals surface area contributed by atoms with Gasteiger partial charge < -0.3 is 9.84 Å². The van der Waals surface area contributed by atoms with Gasteiger partial charge in [-0.1, -0.05) is 26.2 Å². The van der Waals surface area contributed by atoms with Crippen molar-refractivity contribution >= 4 is 5.97 Å². The monoisotopic (exact) mass is 198 g/mol. The smallest absolute Gasteiger partial charge is 0.337 e. The Kier molecular flexibility index (Phi) is 4.50. The Labute approximate surface area is 84.8 Å². The zero-order chi connectivity index (χ0) is 10.4. The number of aliphatic hydroxyl groups excluding tert-OH is 1. The fraction of sp³-hybridized carbons (Fsp3) is 0.727. The van der Waals surface area contributed by atoms with Crippen molar-refractivity contribution in [3.63, 3.8) is 0 Å². The van der Waals surface area contributed by atoms with Gasteiger partial charge in [0.2, 0.25) is 0 Å². The van der Waals surface area contributed by atoms with E-state index in [1.54, 1.807) is 0 Å². The SMILES string of the molecule is CCCCCCC1CC(=CO)C(=O)O1. The molecule has 0 aromatic heterocycles. The molecule has 0 bridgehead atoms. The van der Waals surface area contributed by atoms with Gasteiger partial charge in [-0.15, -0.1) is 0 Å². The lowest BCUT2D eigenvalue weighted by atomic mass is 10.1. The van der Waals surface area contributed by atoms with Crippen LogP contribution in [0.5, 0.6) is 0 Å². The third-order valence-corrected chi connectivity index (χ3v) is 2.52. The molecular formula is C11H18O3. The number of hydrogen-bond acceptors (Lipinski definition) is 3. The largest absolute Gasteiger partial charge is 0.515 e. The molecule has 1 fully saturated rings. The third-order valence-electron chi connectivity index (χ3n) is 2.52. The first kappa shape index (κ1) is 11.1. The number of esters is 1. The highest BCUT2D eigenvalue weighted by molar-refractivity contribution is 5.90. The number of cyclic esters (lactones) is 1. The van der Waals surface area contributed by atoms with Crippen molar-refractivity contribution < 1.29 is 14.6 Å². The Morgan fingerprint density at radius 3 is 2.86 bits per heavy atom. The highest BCUT2D eigenvalue weighted by Crippen LogP contribution is 2.23. The average molecular weight is 198 g/mol. The summed E-state index contributed by atoms with van der Waals surface area (Å²) in [5.41, 5.74) is 0.408. The van der Waals surface area contributed by atoms with Gasteiger partial charge >= 0.3 is 5.97 Å². The first-order valence-corrected chi connectivity index (χ1v) is 5.32. The van der Waals surface area contributed by atoms with Crippen molar-refractivity contribution in [3.8, 4) is 0 Å². The van der Waals surface area contributed by atoms with Crippen LogP contribution in [0.2, 0.25) is 0 Å². The summed E-state index contributed by atoms with van der Waals surface area (Å²) >= 11 is 0. The fourth-order valence-electron chi connectivity index (χ4n) is 1.66. The van der Waals surface area contributed by atoms with Crippen molar-refractivity contribution in [2.75, 3.05) is 0 Å². The quantitative estimate of drug-likeness (QED) is 0.320. The second-order valence-electron chi connectivity index (χ2n) is 3.74. The van der Waals surface area contributed by atoms with Gasteiger partial charge in [-0.25, -0.2) is 4.79 Å². The molecule has 3 nitrogen and oxygen atoms in total. The molecule has 1 saturated heterocycles. The van der Waals surface area contributed by atoms with Crippen molar-refractivity contribution in [3.05, 3.63) is 11.8 Å². The molecule has 0 radical (unpaired) electrons. The molecule has 0 aromatic carbocycles. The van der Waals surface area contributed by atoms with E-state index in [1.165, 1.54) is 19.3 Å². The Bertz CT molecular complexity index is 221. The topological polar surface area (TPSA) is 46.5 Å². The Morgan fingerprint density at radius 1 is 1.50 bits per heavy atom. The van der Waals surface area contributed by atoms with Gasteiger partial charge in [0.05, 0.1) is 11.8 Å². The summed E-state index contributed by atoms with van der Waals surface area (Å²) in [6, 6.07) is 0. The van der Waals surface area contributed by atoms with Crippen LogP contribution in [0.25, 0.3) is 0 Å². The summed E-state index contributed by atoms with van der Waals surface area (Å²) < 4.78 is 5.08. The maximum Gasteiger partial charge on any atom is 0.337 e. The molecule has 1 N–H and O–H groups in total. The molecule has 14 heavy (non-hydrogen) atoms. The summed E-state index contributed by atoms with van der Waals surface area (Å²) in [6.45, 7) is 2.17. The van der Waals surface area contributed by atoms with E-state index in [0.717, 1.165) is 19.1 Å². The summed E-state index contributed by atoms with van der Waals surface area (Å²) in [5, 5.41) is 8.70. The summed E-state index contributed by atoms with van der Waals surface area (Å²) in [5.74, 6) is -0.354. The Balaban J connectivity index is 2.19. The number of unbranched alkanes of at least 4 members (excludes halogenated alkanes) is 3. The van der Waals surface area contributed by atoms with Gasteiger partial charge in [0.25, 0.3) is 0 Å². The van der Waals surface area contributed by atoms with Gasteiger partial charge in [0.1, 0.15) is 6.10 Å². The molecule has 1 rings (SSSR count). The number of rotatable bonds is 5. The zero-order valence-corrected chi connectivity index (χ0v) is 8.66. The fourth-order valence-corrected chi connectivity index (χ4v) is 1.66. The number of aliphatic hydroxyl groups is 1. The number of carbonyl (C=O) groups excluding carboxylic acids is 1. The van der Waals surface area contributed by atoms with E-state index in [-0.39, 0.29) is 12.1 Å². The first-order valence-electron chi connectivity index (χ1n) is 5.32. The predicted molar refractivity (Wildman–Crippen MR) is 54.0 cm³/mol. The van der Waals surface area contributed by atoms with Crippen LogP contribution in [0, 0.1) is 0 Å². The van der Waals surface area contributed by atoms with Crippen LogP contribution in [0.1, 0.15) is 45.4 Å². The van der Waals surface area contributed by atoms with Gasteiger partial charge in [0, 0.05) is 6.42 Å². The van der Waals surface area contributed by atoms with E-state index < -0.39 is 0 Å². The maximum atomic E-state index is 11.1. The maximum absolute atomic E-state index is 11.1. The molecule has 1 atom stereocenters. The van der Waals surface area contributed by atoms with E-state index in [1.807, 2.05) is 0 Å². The minimum atomic E-state index is -0.354. The van der Waals surface area contributed by atoms with E-state index in [9.17, 15) is 4.79 Å². The minimum absolute atomic E-state index is 0.00208. The molecule has 80 valence electrons. The lowest BCUT2D eigenvalue weighted by Crippen LogP contribution is -2.06. The van der Waals surface area contributed by atoms with Gasteiger partial charge in [-0.3, -0.25) is 0 Å². The number of ether oxygens (including phenoxy) is 1.